The SMILES string of the molecule is CCCCC(CC)CCC(=O)OCn1ccc2c(NC3C4CC5CC3CC(O)(C5)C4)c(C(N)=O)cnc21. The average molecular weight is 511 g/mol. The van der Waals surface area contributed by atoms with Gasteiger partial charge in [-0.05, 0) is 68.3 Å². The number of carbonyl (C=O) groups is 2. The van der Waals surface area contributed by atoms with E-state index in [1.165, 1.54) is 19.0 Å². The van der Waals surface area contributed by atoms with E-state index in [1.807, 2.05) is 12.3 Å². The monoisotopic (exact) mass is 510 g/mol. The Morgan fingerprint density at radius 2 is 2.00 bits per heavy atom. The molecule has 0 aliphatic heterocycles. The molecule has 3 unspecified atom stereocenters. The molecule has 2 heterocycles. The van der Waals surface area contributed by atoms with Gasteiger partial charge in [-0.15, -0.1) is 0 Å². The third kappa shape index (κ3) is 5.35. The molecule has 0 spiro atoms. The van der Waals surface area contributed by atoms with Gasteiger partial charge in [0.1, 0.15) is 5.65 Å². The smallest absolute Gasteiger partial charge is 0.307 e. The lowest BCUT2D eigenvalue weighted by molar-refractivity contribution is -0.147. The number of nitrogens with zero attached hydrogens (tertiary/aromatic N) is 2. The quantitative estimate of drug-likeness (QED) is 0.346. The second kappa shape index (κ2) is 10.6. The van der Waals surface area contributed by atoms with E-state index in [9.17, 15) is 14.7 Å². The molecule has 4 bridgehead atoms. The zero-order valence-corrected chi connectivity index (χ0v) is 22.2. The van der Waals surface area contributed by atoms with Crippen molar-refractivity contribution in [1.29, 1.82) is 0 Å². The van der Waals surface area contributed by atoms with Crippen LogP contribution < -0.4 is 11.1 Å². The molecule has 0 radical (unpaired) electrons. The number of ether oxygens (including phenoxy) is 1. The van der Waals surface area contributed by atoms with Crippen LogP contribution in [-0.4, -0.2) is 38.2 Å². The Morgan fingerprint density at radius 3 is 2.65 bits per heavy atom. The summed E-state index contributed by atoms with van der Waals surface area (Å²) in [6.45, 7) is 4.46. The van der Waals surface area contributed by atoms with E-state index in [4.69, 9.17) is 10.5 Å². The predicted molar refractivity (Wildman–Crippen MR) is 143 cm³/mol. The van der Waals surface area contributed by atoms with Gasteiger partial charge >= 0.3 is 5.97 Å². The van der Waals surface area contributed by atoms with Gasteiger partial charge in [0.25, 0.3) is 5.91 Å². The van der Waals surface area contributed by atoms with E-state index in [-0.39, 0.29) is 18.7 Å². The second-order valence-electron chi connectivity index (χ2n) is 11.9. The highest BCUT2D eigenvalue weighted by Crippen LogP contribution is 2.56. The van der Waals surface area contributed by atoms with Gasteiger partial charge in [0.05, 0.1) is 16.9 Å². The Balaban J connectivity index is 1.29. The largest absolute Gasteiger partial charge is 0.444 e. The predicted octanol–water partition coefficient (Wildman–Crippen LogP) is 4.98. The van der Waals surface area contributed by atoms with E-state index >= 15 is 0 Å². The Kier molecular flexibility index (Phi) is 7.48. The van der Waals surface area contributed by atoms with Crippen molar-refractivity contribution in [3.63, 3.8) is 0 Å². The number of nitrogens with two attached hydrogens (primary N) is 1. The standard InChI is InChI=1S/C29H42N4O4/c1-3-5-6-18(4-2)7-8-24(34)37-17-33-10-9-22-26(23(27(30)35)16-31-28(22)33)32-25-20-11-19-12-21(25)15-29(36,13-19)14-20/h9-10,16,18-21,25,36H,3-8,11-15,17H2,1-2H3,(H2,30,35)(H,31,32). The van der Waals surface area contributed by atoms with Gasteiger partial charge < -0.3 is 20.9 Å². The van der Waals surface area contributed by atoms with Crippen LogP contribution in [0, 0.1) is 23.7 Å². The Labute approximate surface area is 219 Å². The van der Waals surface area contributed by atoms with E-state index < -0.39 is 11.5 Å². The maximum absolute atomic E-state index is 12.5. The number of fused-ring (bicyclic) bond motifs is 1. The highest BCUT2D eigenvalue weighted by atomic mass is 16.5. The number of primary amides is 1. The number of rotatable bonds is 12. The topological polar surface area (TPSA) is 119 Å². The van der Waals surface area contributed by atoms with Crippen LogP contribution >= 0.6 is 0 Å². The second-order valence-corrected chi connectivity index (χ2v) is 11.9. The minimum absolute atomic E-state index is 0.0832. The number of carbonyl (C=O) groups excluding carboxylic acids is 2. The number of hydrogen-bond acceptors (Lipinski definition) is 6. The number of esters is 1. The molecular formula is C29H42N4O4. The van der Waals surface area contributed by atoms with Gasteiger partial charge in [-0.2, -0.15) is 0 Å². The van der Waals surface area contributed by atoms with Gasteiger partial charge in [0, 0.05) is 30.2 Å². The van der Waals surface area contributed by atoms with Crippen molar-refractivity contribution in [2.45, 2.75) is 103 Å². The molecule has 4 N–H and O–H groups in total. The summed E-state index contributed by atoms with van der Waals surface area (Å²) in [6, 6.07) is 2.10. The van der Waals surface area contributed by atoms with Crippen molar-refractivity contribution in [3.8, 4) is 0 Å². The lowest BCUT2D eigenvalue weighted by Gasteiger charge is -2.58. The molecule has 37 heavy (non-hydrogen) atoms. The number of aliphatic hydroxyl groups is 1. The van der Waals surface area contributed by atoms with Gasteiger partial charge in [-0.25, -0.2) is 4.98 Å². The zero-order valence-electron chi connectivity index (χ0n) is 22.2. The number of pyridine rings is 1. The molecule has 4 fully saturated rings. The first-order chi connectivity index (χ1) is 17.8. The molecule has 8 heteroatoms. The lowest BCUT2D eigenvalue weighted by Crippen LogP contribution is -2.59. The van der Waals surface area contributed by atoms with Crippen LogP contribution in [0.3, 0.4) is 0 Å². The Morgan fingerprint density at radius 1 is 1.24 bits per heavy atom. The van der Waals surface area contributed by atoms with Crippen LogP contribution in [0.15, 0.2) is 18.5 Å². The van der Waals surface area contributed by atoms with Crippen LogP contribution in [0.2, 0.25) is 0 Å². The van der Waals surface area contributed by atoms with E-state index in [2.05, 4.69) is 24.1 Å². The van der Waals surface area contributed by atoms with Crippen LogP contribution in [0.5, 0.6) is 0 Å². The van der Waals surface area contributed by atoms with Crippen molar-refractivity contribution >= 4 is 28.6 Å². The average Bonchev–Trinajstić information content (AvgIpc) is 3.27. The van der Waals surface area contributed by atoms with Crippen molar-refractivity contribution in [1.82, 2.24) is 9.55 Å². The van der Waals surface area contributed by atoms with Crippen molar-refractivity contribution < 1.29 is 19.4 Å². The lowest BCUT2D eigenvalue weighted by atomic mass is 9.52. The summed E-state index contributed by atoms with van der Waals surface area (Å²) in [7, 11) is 0. The maximum atomic E-state index is 12.5. The van der Waals surface area contributed by atoms with Crippen molar-refractivity contribution in [3.05, 3.63) is 24.0 Å². The zero-order chi connectivity index (χ0) is 26.2. The Bertz CT molecular complexity index is 1130. The molecule has 4 aliphatic carbocycles. The summed E-state index contributed by atoms with van der Waals surface area (Å²) < 4.78 is 7.40. The minimum Gasteiger partial charge on any atom is -0.444 e. The fourth-order valence-corrected chi connectivity index (χ4v) is 7.55. The summed E-state index contributed by atoms with van der Waals surface area (Å²) >= 11 is 0. The van der Waals surface area contributed by atoms with E-state index in [0.29, 0.717) is 47.0 Å². The van der Waals surface area contributed by atoms with Gasteiger partial charge in [0.2, 0.25) is 0 Å². The molecule has 4 saturated carbocycles. The number of aromatic nitrogens is 2. The van der Waals surface area contributed by atoms with Crippen LogP contribution in [-0.2, 0) is 16.3 Å². The van der Waals surface area contributed by atoms with Crippen LogP contribution in [0.1, 0.15) is 94.8 Å². The Hall–Kier alpha value is -2.61. The number of unbranched alkanes of at least 4 members (excludes halogenated alkanes) is 1. The summed E-state index contributed by atoms with van der Waals surface area (Å²) in [5, 5.41) is 15.5. The fraction of sp³-hybridized carbons (Fsp3) is 0.690. The number of anilines is 1. The summed E-state index contributed by atoms with van der Waals surface area (Å²) in [6.07, 6.45) is 14.0. The minimum atomic E-state index is -0.521. The van der Waals surface area contributed by atoms with Crippen molar-refractivity contribution in [2.24, 2.45) is 29.4 Å². The van der Waals surface area contributed by atoms with Crippen LogP contribution in [0.4, 0.5) is 5.69 Å². The van der Waals surface area contributed by atoms with Crippen molar-refractivity contribution in [2.75, 3.05) is 5.32 Å². The fourth-order valence-electron chi connectivity index (χ4n) is 7.55. The van der Waals surface area contributed by atoms with E-state index in [1.54, 1.807) is 4.57 Å². The normalized spacial score (nSPS) is 28.9. The van der Waals surface area contributed by atoms with Gasteiger partial charge in [-0.3, -0.25) is 14.2 Å². The number of amides is 1. The molecule has 8 nitrogen and oxygen atoms in total. The molecular weight excluding hydrogens is 468 g/mol. The molecule has 2 aromatic heterocycles. The van der Waals surface area contributed by atoms with Gasteiger partial charge in [0.15, 0.2) is 6.73 Å². The molecule has 2 aromatic rings. The molecule has 0 aromatic carbocycles. The molecule has 4 aliphatic rings. The van der Waals surface area contributed by atoms with E-state index in [0.717, 1.165) is 56.8 Å². The number of hydrogen-bond donors (Lipinski definition) is 3. The molecule has 0 saturated heterocycles. The molecule has 202 valence electrons. The summed E-state index contributed by atoms with van der Waals surface area (Å²) in [5.74, 6) is 1.21. The first-order valence-corrected chi connectivity index (χ1v) is 14.2. The van der Waals surface area contributed by atoms with Crippen LogP contribution in [0.25, 0.3) is 11.0 Å². The molecule has 6 rings (SSSR count). The molecule has 1 amide bonds. The highest BCUT2D eigenvalue weighted by molar-refractivity contribution is 6.06. The first-order valence-electron chi connectivity index (χ1n) is 14.2. The third-order valence-corrected chi connectivity index (χ3v) is 9.27. The number of nitrogens with one attached hydrogen (secondary N) is 1. The first kappa shape index (κ1) is 26.0. The summed E-state index contributed by atoms with van der Waals surface area (Å²) in [5.41, 5.74) is 6.95. The summed E-state index contributed by atoms with van der Waals surface area (Å²) in [4.78, 5) is 29.3. The molecule has 3 atom stereocenters. The third-order valence-electron chi connectivity index (χ3n) is 9.27. The maximum Gasteiger partial charge on any atom is 0.307 e. The van der Waals surface area contributed by atoms with Gasteiger partial charge in [-0.1, -0.05) is 39.5 Å². The highest BCUT2D eigenvalue weighted by Gasteiger charge is 2.54.